The van der Waals surface area contributed by atoms with Crippen LogP contribution in [0.25, 0.3) is 0 Å². The maximum Gasteiger partial charge on any atom is 0.213 e. The summed E-state index contributed by atoms with van der Waals surface area (Å²) in [5.74, 6) is 1.74. The minimum absolute atomic E-state index is 0.122. The molecule has 1 aromatic heterocycles. The summed E-state index contributed by atoms with van der Waals surface area (Å²) in [5.41, 5.74) is 4.32. The van der Waals surface area contributed by atoms with Crippen molar-refractivity contribution in [3.05, 3.63) is 88.2 Å². The van der Waals surface area contributed by atoms with Crippen LogP contribution in [0, 0.1) is 0 Å². The highest BCUT2D eigenvalue weighted by Crippen LogP contribution is 2.48. The summed E-state index contributed by atoms with van der Waals surface area (Å²) in [6.45, 7) is 0. The van der Waals surface area contributed by atoms with Gasteiger partial charge in [0.1, 0.15) is 11.5 Å². The lowest BCUT2D eigenvalue weighted by molar-refractivity contribution is -0.0191. The smallest absolute Gasteiger partial charge is 0.213 e. The minimum Gasteiger partial charge on any atom is -0.497 e. The first kappa shape index (κ1) is 17.3. The van der Waals surface area contributed by atoms with E-state index < -0.39 is 0 Å². The van der Waals surface area contributed by atoms with E-state index in [0.717, 1.165) is 44.8 Å². The Hall–Kier alpha value is -2.86. The average molecular weight is 436 g/mol. The molecular formula is C22H18BrN3O2. The third-order valence-electron chi connectivity index (χ3n) is 5.17. The van der Waals surface area contributed by atoms with Crippen molar-refractivity contribution in [2.75, 3.05) is 7.11 Å². The van der Waals surface area contributed by atoms with E-state index in [0.29, 0.717) is 0 Å². The molecule has 0 unspecified atom stereocenters. The number of hydrazone groups is 1. The molecule has 6 heteroatoms. The Bertz CT molecular complexity index is 1040. The Morgan fingerprint density at radius 1 is 1.07 bits per heavy atom. The van der Waals surface area contributed by atoms with Gasteiger partial charge < -0.3 is 9.47 Å². The molecule has 3 aromatic rings. The van der Waals surface area contributed by atoms with E-state index in [1.54, 1.807) is 19.5 Å². The first-order valence-electron chi connectivity index (χ1n) is 9.09. The van der Waals surface area contributed by atoms with Crippen LogP contribution in [0.4, 0.5) is 0 Å². The van der Waals surface area contributed by atoms with Gasteiger partial charge in [-0.15, -0.1) is 0 Å². The van der Waals surface area contributed by atoms with Gasteiger partial charge in [-0.25, -0.2) is 5.01 Å². The zero-order chi connectivity index (χ0) is 19.1. The third kappa shape index (κ3) is 2.94. The van der Waals surface area contributed by atoms with Crippen LogP contribution in [-0.2, 0) is 0 Å². The molecule has 0 bridgehead atoms. The molecule has 5 rings (SSSR count). The molecule has 0 saturated heterocycles. The number of hydrogen-bond acceptors (Lipinski definition) is 5. The lowest BCUT2D eigenvalue weighted by Gasteiger charge is -2.38. The van der Waals surface area contributed by atoms with Gasteiger partial charge in [0.15, 0.2) is 0 Å². The van der Waals surface area contributed by atoms with Gasteiger partial charge in [0.05, 0.1) is 18.9 Å². The fraction of sp³-hybridized carbons (Fsp3) is 0.182. The Balaban J connectivity index is 1.57. The number of hydrogen-bond donors (Lipinski definition) is 0. The van der Waals surface area contributed by atoms with Crippen LogP contribution >= 0.6 is 15.9 Å². The summed E-state index contributed by atoms with van der Waals surface area (Å²) in [6, 6.07) is 18.3. The van der Waals surface area contributed by atoms with Gasteiger partial charge >= 0.3 is 0 Å². The normalized spacial score (nSPS) is 20.1. The first-order chi connectivity index (χ1) is 13.7. The molecule has 2 aliphatic rings. The fourth-order valence-electron chi connectivity index (χ4n) is 3.76. The van der Waals surface area contributed by atoms with Crippen molar-refractivity contribution < 1.29 is 9.47 Å². The Labute approximate surface area is 171 Å². The van der Waals surface area contributed by atoms with Crippen LogP contribution < -0.4 is 9.47 Å². The molecule has 0 saturated carbocycles. The van der Waals surface area contributed by atoms with E-state index in [1.807, 2.05) is 36.4 Å². The van der Waals surface area contributed by atoms with Crippen LogP contribution in [0.1, 0.15) is 35.4 Å². The quantitative estimate of drug-likeness (QED) is 0.574. The largest absolute Gasteiger partial charge is 0.497 e. The maximum absolute atomic E-state index is 6.36. The van der Waals surface area contributed by atoms with Gasteiger partial charge in [-0.1, -0.05) is 15.9 Å². The maximum atomic E-state index is 6.36. The monoisotopic (exact) mass is 435 g/mol. The number of benzene rings is 2. The molecule has 140 valence electrons. The molecule has 0 N–H and O–H groups in total. The summed E-state index contributed by atoms with van der Waals surface area (Å²) in [5, 5.41) is 7.04. The van der Waals surface area contributed by atoms with E-state index >= 15 is 0 Å². The molecule has 2 atom stereocenters. The molecule has 0 radical (unpaired) electrons. The second kappa shape index (κ2) is 6.95. The first-order valence-corrected chi connectivity index (χ1v) is 9.88. The van der Waals surface area contributed by atoms with Gasteiger partial charge in [0.25, 0.3) is 0 Å². The number of nitrogens with zero attached hydrogens (tertiary/aromatic N) is 3. The average Bonchev–Trinajstić information content (AvgIpc) is 3.20. The van der Waals surface area contributed by atoms with E-state index in [1.165, 1.54) is 0 Å². The van der Waals surface area contributed by atoms with Crippen LogP contribution in [0.2, 0.25) is 0 Å². The highest BCUT2D eigenvalue weighted by atomic mass is 79.9. The lowest BCUT2D eigenvalue weighted by Crippen LogP contribution is -2.33. The fourth-order valence-corrected chi connectivity index (χ4v) is 4.14. The SMILES string of the molecule is COc1ccc(C2=NN3[C@@H](C2)c2cc(Br)ccc2O[C@H]3c2ccncc2)cc1. The van der Waals surface area contributed by atoms with Gasteiger partial charge in [0.2, 0.25) is 6.23 Å². The molecular weight excluding hydrogens is 418 g/mol. The van der Waals surface area contributed by atoms with E-state index in [2.05, 4.69) is 44.1 Å². The molecule has 2 aliphatic heterocycles. The van der Waals surface area contributed by atoms with Crippen molar-refractivity contribution >= 4 is 21.6 Å². The van der Waals surface area contributed by atoms with Crippen molar-refractivity contribution in [3.63, 3.8) is 0 Å². The molecule has 2 aromatic carbocycles. The molecule has 28 heavy (non-hydrogen) atoms. The molecule has 0 amide bonds. The number of pyridine rings is 1. The highest BCUT2D eigenvalue weighted by Gasteiger charge is 2.41. The van der Waals surface area contributed by atoms with Crippen molar-refractivity contribution in [1.29, 1.82) is 0 Å². The number of aromatic nitrogens is 1. The summed E-state index contributed by atoms with van der Waals surface area (Å²) in [4.78, 5) is 4.13. The van der Waals surface area contributed by atoms with Crippen LogP contribution in [0.5, 0.6) is 11.5 Å². The van der Waals surface area contributed by atoms with E-state index in [9.17, 15) is 0 Å². The number of fused-ring (bicyclic) bond motifs is 3. The predicted molar refractivity (Wildman–Crippen MR) is 110 cm³/mol. The zero-order valence-corrected chi connectivity index (χ0v) is 16.8. The Kier molecular flexibility index (Phi) is 4.28. The van der Waals surface area contributed by atoms with Crippen molar-refractivity contribution in [1.82, 2.24) is 9.99 Å². The minimum atomic E-state index is -0.280. The lowest BCUT2D eigenvalue weighted by atomic mass is 9.96. The van der Waals surface area contributed by atoms with Crippen molar-refractivity contribution in [2.24, 2.45) is 5.10 Å². The zero-order valence-electron chi connectivity index (χ0n) is 15.2. The summed E-state index contributed by atoms with van der Waals surface area (Å²) in [7, 11) is 1.67. The van der Waals surface area contributed by atoms with Gasteiger partial charge in [-0.3, -0.25) is 4.98 Å². The molecule has 3 heterocycles. The summed E-state index contributed by atoms with van der Waals surface area (Å²) < 4.78 is 12.7. The number of ether oxygens (including phenoxy) is 2. The van der Waals surface area contributed by atoms with E-state index in [4.69, 9.17) is 14.6 Å². The third-order valence-corrected chi connectivity index (χ3v) is 5.66. The summed E-state index contributed by atoms with van der Waals surface area (Å²) >= 11 is 3.59. The number of rotatable bonds is 3. The highest BCUT2D eigenvalue weighted by molar-refractivity contribution is 9.10. The van der Waals surface area contributed by atoms with Crippen LogP contribution in [0.15, 0.2) is 76.6 Å². The Morgan fingerprint density at radius 2 is 1.86 bits per heavy atom. The second-order valence-electron chi connectivity index (χ2n) is 6.81. The Morgan fingerprint density at radius 3 is 2.61 bits per heavy atom. The van der Waals surface area contributed by atoms with Crippen LogP contribution in [-0.4, -0.2) is 22.8 Å². The molecule has 0 aliphatic carbocycles. The topological polar surface area (TPSA) is 47.0 Å². The van der Waals surface area contributed by atoms with Gasteiger partial charge in [0, 0.05) is 34.4 Å². The predicted octanol–water partition coefficient (Wildman–Crippen LogP) is 5.10. The van der Waals surface area contributed by atoms with Crippen molar-refractivity contribution in [3.8, 4) is 11.5 Å². The van der Waals surface area contributed by atoms with E-state index in [-0.39, 0.29) is 12.3 Å². The van der Waals surface area contributed by atoms with Gasteiger partial charge in [-0.2, -0.15) is 5.10 Å². The van der Waals surface area contributed by atoms with Gasteiger partial charge in [-0.05, 0) is 60.2 Å². The van der Waals surface area contributed by atoms with Crippen LogP contribution in [0.3, 0.4) is 0 Å². The standard InChI is InChI=1S/C22H18BrN3O2/c1-27-17-5-2-14(3-6-17)19-13-20-18-12-16(23)4-7-21(18)28-22(26(20)25-19)15-8-10-24-11-9-15/h2-12,20,22H,13H2,1H3/t20-,22-/m0/s1. The molecule has 5 nitrogen and oxygen atoms in total. The molecule has 0 spiro atoms. The number of halogens is 1. The molecule has 0 fully saturated rings. The second-order valence-corrected chi connectivity index (χ2v) is 7.72. The summed E-state index contributed by atoms with van der Waals surface area (Å²) in [6.07, 6.45) is 4.11. The number of methoxy groups -OCH3 is 1. The van der Waals surface area contributed by atoms with Crippen molar-refractivity contribution in [2.45, 2.75) is 18.7 Å².